The molecule has 0 amide bonds. The smallest absolute Gasteiger partial charge is 0.100 e. The highest BCUT2D eigenvalue weighted by Gasteiger charge is 2.08. The second-order valence-corrected chi connectivity index (χ2v) is 5.42. The maximum absolute atomic E-state index is 5.97. The summed E-state index contributed by atoms with van der Waals surface area (Å²) in [6, 6.07) is 12.7. The van der Waals surface area contributed by atoms with Crippen molar-refractivity contribution in [3.63, 3.8) is 0 Å². The topological polar surface area (TPSA) is 43.8 Å². The molecule has 3 nitrogen and oxygen atoms in total. The van der Waals surface area contributed by atoms with E-state index < -0.39 is 0 Å². The lowest BCUT2D eigenvalue weighted by Crippen LogP contribution is -2.05. The average Bonchev–Trinajstić information content (AvgIpc) is 2.82. The van der Waals surface area contributed by atoms with Crippen molar-refractivity contribution >= 4 is 11.0 Å². The summed E-state index contributed by atoms with van der Waals surface area (Å²) in [5.41, 5.74) is 12.9. The second-order valence-electron chi connectivity index (χ2n) is 5.42. The van der Waals surface area contributed by atoms with E-state index in [9.17, 15) is 0 Å². The molecule has 2 aromatic carbocycles. The van der Waals surface area contributed by atoms with Gasteiger partial charge in [-0.2, -0.15) is 0 Å². The van der Waals surface area contributed by atoms with Crippen LogP contribution in [0.2, 0.25) is 0 Å². The van der Waals surface area contributed by atoms with Gasteiger partial charge in [-0.1, -0.05) is 12.1 Å². The summed E-state index contributed by atoms with van der Waals surface area (Å²) in [7, 11) is 0. The fraction of sp³-hybridized carbons (Fsp3) is 0.235. The molecule has 0 fully saturated rings. The van der Waals surface area contributed by atoms with E-state index in [-0.39, 0.29) is 6.04 Å². The SMILES string of the molecule is Cc1cc2ncn(-c3cccc(C(C)N)c3)c2cc1C. The molecule has 1 aromatic heterocycles. The van der Waals surface area contributed by atoms with Crippen LogP contribution in [0.25, 0.3) is 16.7 Å². The zero-order valence-electron chi connectivity index (χ0n) is 12.1. The normalized spacial score (nSPS) is 12.8. The van der Waals surface area contributed by atoms with Gasteiger partial charge in [0, 0.05) is 11.7 Å². The molecule has 0 spiro atoms. The van der Waals surface area contributed by atoms with E-state index in [2.05, 4.69) is 53.7 Å². The molecule has 3 heteroatoms. The minimum atomic E-state index is 0.0358. The summed E-state index contributed by atoms with van der Waals surface area (Å²) in [6.07, 6.45) is 1.88. The number of hydrogen-bond acceptors (Lipinski definition) is 2. The highest BCUT2D eigenvalue weighted by atomic mass is 15.0. The van der Waals surface area contributed by atoms with Crippen molar-refractivity contribution in [1.82, 2.24) is 9.55 Å². The van der Waals surface area contributed by atoms with Gasteiger partial charge in [-0.3, -0.25) is 4.57 Å². The van der Waals surface area contributed by atoms with Crippen LogP contribution in [0.4, 0.5) is 0 Å². The molecule has 0 saturated heterocycles. The van der Waals surface area contributed by atoms with Gasteiger partial charge in [-0.25, -0.2) is 4.98 Å². The quantitative estimate of drug-likeness (QED) is 0.768. The van der Waals surface area contributed by atoms with Gasteiger partial charge in [-0.05, 0) is 61.7 Å². The van der Waals surface area contributed by atoms with Gasteiger partial charge >= 0.3 is 0 Å². The molecule has 0 bridgehead atoms. The standard InChI is InChI=1S/C17H19N3/c1-11-7-16-17(8-12(11)2)20(10-19-16)15-6-4-5-14(9-15)13(3)18/h4-10,13H,18H2,1-3H3. The first-order valence-corrected chi connectivity index (χ1v) is 6.86. The first-order valence-electron chi connectivity index (χ1n) is 6.86. The molecule has 1 unspecified atom stereocenters. The molecule has 102 valence electrons. The van der Waals surface area contributed by atoms with Crippen LogP contribution in [-0.2, 0) is 0 Å². The number of hydrogen-bond donors (Lipinski definition) is 1. The van der Waals surface area contributed by atoms with E-state index in [4.69, 9.17) is 5.73 Å². The van der Waals surface area contributed by atoms with E-state index in [1.54, 1.807) is 0 Å². The lowest BCUT2D eigenvalue weighted by Gasteiger charge is -2.10. The minimum absolute atomic E-state index is 0.0358. The second kappa shape index (κ2) is 4.76. The zero-order valence-corrected chi connectivity index (χ0v) is 12.1. The number of imidazole rings is 1. The van der Waals surface area contributed by atoms with Crippen molar-refractivity contribution in [2.75, 3.05) is 0 Å². The van der Waals surface area contributed by atoms with E-state index in [0.29, 0.717) is 0 Å². The molecule has 0 aliphatic heterocycles. The van der Waals surface area contributed by atoms with Crippen LogP contribution in [0.15, 0.2) is 42.7 Å². The van der Waals surface area contributed by atoms with Crippen LogP contribution >= 0.6 is 0 Å². The van der Waals surface area contributed by atoms with Crippen molar-refractivity contribution in [2.24, 2.45) is 5.73 Å². The molecule has 0 radical (unpaired) electrons. The van der Waals surface area contributed by atoms with Crippen LogP contribution in [0.5, 0.6) is 0 Å². The predicted octanol–water partition coefficient (Wildman–Crippen LogP) is 3.66. The van der Waals surface area contributed by atoms with Gasteiger partial charge in [0.1, 0.15) is 6.33 Å². The number of fused-ring (bicyclic) bond motifs is 1. The largest absolute Gasteiger partial charge is 0.324 e. The predicted molar refractivity (Wildman–Crippen MR) is 83.1 cm³/mol. The van der Waals surface area contributed by atoms with Crippen molar-refractivity contribution in [3.05, 3.63) is 59.4 Å². The van der Waals surface area contributed by atoms with E-state index >= 15 is 0 Å². The van der Waals surface area contributed by atoms with Crippen LogP contribution in [0, 0.1) is 13.8 Å². The molecule has 0 aliphatic carbocycles. The van der Waals surface area contributed by atoms with Gasteiger partial charge in [0.05, 0.1) is 11.0 Å². The number of aromatic nitrogens is 2. The van der Waals surface area contributed by atoms with Crippen molar-refractivity contribution in [3.8, 4) is 5.69 Å². The summed E-state index contributed by atoms with van der Waals surface area (Å²) >= 11 is 0. The maximum Gasteiger partial charge on any atom is 0.100 e. The molecular formula is C17H19N3. The Balaban J connectivity index is 2.19. The highest BCUT2D eigenvalue weighted by molar-refractivity contribution is 5.79. The fourth-order valence-corrected chi connectivity index (χ4v) is 2.43. The Morgan fingerprint density at radius 2 is 1.85 bits per heavy atom. The Kier molecular flexibility index (Phi) is 3.07. The Labute approximate surface area is 119 Å². The van der Waals surface area contributed by atoms with Gasteiger partial charge in [0.2, 0.25) is 0 Å². The van der Waals surface area contributed by atoms with Crippen molar-refractivity contribution < 1.29 is 0 Å². The molecule has 3 rings (SSSR count). The van der Waals surface area contributed by atoms with Gasteiger partial charge < -0.3 is 5.73 Å². The molecule has 3 aromatic rings. The minimum Gasteiger partial charge on any atom is -0.324 e. The fourth-order valence-electron chi connectivity index (χ4n) is 2.43. The van der Waals surface area contributed by atoms with Crippen LogP contribution in [-0.4, -0.2) is 9.55 Å². The van der Waals surface area contributed by atoms with E-state index in [1.165, 1.54) is 11.1 Å². The maximum atomic E-state index is 5.97. The molecular weight excluding hydrogens is 246 g/mol. The molecule has 0 saturated carbocycles. The average molecular weight is 265 g/mol. The third kappa shape index (κ3) is 2.10. The Bertz CT molecular complexity index is 769. The van der Waals surface area contributed by atoms with E-state index in [0.717, 1.165) is 22.3 Å². The number of aryl methyl sites for hydroxylation is 2. The first-order chi connectivity index (χ1) is 9.56. The molecule has 20 heavy (non-hydrogen) atoms. The lowest BCUT2D eigenvalue weighted by atomic mass is 10.1. The van der Waals surface area contributed by atoms with Crippen LogP contribution < -0.4 is 5.73 Å². The van der Waals surface area contributed by atoms with Gasteiger partial charge in [0.15, 0.2) is 0 Å². The number of nitrogens with zero attached hydrogens (tertiary/aromatic N) is 2. The molecule has 0 aliphatic rings. The third-order valence-corrected chi connectivity index (χ3v) is 3.84. The van der Waals surface area contributed by atoms with Crippen LogP contribution in [0.3, 0.4) is 0 Å². The molecule has 1 atom stereocenters. The monoisotopic (exact) mass is 265 g/mol. The summed E-state index contributed by atoms with van der Waals surface area (Å²) in [5.74, 6) is 0. The van der Waals surface area contributed by atoms with Gasteiger partial charge in [0.25, 0.3) is 0 Å². The van der Waals surface area contributed by atoms with Crippen molar-refractivity contribution in [2.45, 2.75) is 26.8 Å². The Morgan fingerprint density at radius 3 is 2.60 bits per heavy atom. The molecule has 2 N–H and O–H groups in total. The third-order valence-electron chi connectivity index (χ3n) is 3.84. The van der Waals surface area contributed by atoms with E-state index in [1.807, 2.05) is 19.3 Å². The Morgan fingerprint density at radius 1 is 1.10 bits per heavy atom. The molecule has 1 heterocycles. The summed E-state index contributed by atoms with van der Waals surface area (Å²) in [4.78, 5) is 4.50. The first kappa shape index (κ1) is 12.9. The number of nitrogens with two attached hydrogens (primary N) is 1. The zero-order chi connectivity index (χ0) is 14.3. The summed E-state index contributed by atoms with van der Waals surface area (Å²) in [5, 5.41) is 0. The highest BCUT2D eigenvalue weighted by Crippen LogP contribution is 2.23. The number of benzene rings is 2. The Hall–Kier alpha value is -2.13. The summed E-state index contributed by atoms with van der Waals surface area (Å²) < 4.78 is 2.12. The van der Waals surface area contributed by atoms with Crippen molar-refractivity contribution in [1.29, 1.82) is 0 Å². The summed E-state index contributed by atoms with van der Waals surface area (Å²) in [6.45, 7) is 6.24. The lowest BCUT2D eigenvalue weighted by molar-refractivity contribution is 0.816. The van der Waals surface area contributed by atoms with Crippen LogP contribution in [0.1, 0.15) is 29.7 Å². The van der Waals surface area contributed by atoms with Gasteiger partial charge in [-0.15, -0.1) is 0 Å². The number of rotatable bonds is 2.